The van der Waals surface area contributed by atoms with Crippen LogP contribution < -0.4 is 16.0 Å². The summed E-state index contributed by atoms with van der Waals surface area (Å²) in [6.07, 6.45) is 4.12. The van der Waals surface area contributed by atoms with Gasteiger partial charge in [0.25, 0.3) is 17.7 Å². The predicted octanol–water partition coefficient (Wildman–Crippen LogP) is 0.579. The van der Waals surface area contributed by atoms with Gasteiger partial charge in [-0.25, -0.2) is 19.6 Å². The van der Waals surface area contributed by atoms with Gasteiger partial charge in [0.05, 0.1) is 6.04 Å². The second-order valence-corrected chi connectivity index (χ2v) is 9.99. The van der Waals surface area contributed by atoms with Crippen LogP contribution in [0, 0.1) is 0 Å². The minimum atomic E-state index is -1.32. The summed E-state index contributed by atoms with van der Waals surface area (Å²) in [6, 6.07) is 3.55. The zero-order valence-electron chi connectivity index (χ0n) is 21.1. The molecule has 40 heavy (non-hydrogen) atoms. The molecule has 15 heteroatoms. The van der Waals surface area contributed by atoms with Crippen molar-refractivity contribution in [3.05, 3.63) is 58.4 Å². The molecule has 0 saturated carbocycles. The molecule has 0 spiro atoms. The summed E-state index contributed by atoms with van der Waals surface area (Å²) in [5, 5.41) is 17.7. The largest absolute Gasteiger partial charge is 0.477 e. The van der Waals surface area contributed by atoms with Gasteiger partial charge < -0.3 is 21.0 Å². The van der Waals surface area contributed by atoms with Gasteiger partial charge >= 0.3 is 11.9 Å². The van der Waals surface area contributed by atoms with E-state index in [0.29, 0.717) is 36.4 Å². The third kappa shape index (κ3) is 4.93. The number of pyridine rings is 1. The molecule has 14 nitrogen and oxygen atoms in total. The summed E-state index contributed by atoms with van der Waals surface area (Å²) in [4.78, 5) is 78.1. The second kappa shape index (κ2) is 10.7. The Morgan fingerprint density at radius 2 is 2.08 bits per heavy atom. The van der Waals surface area contributed by atoms with Crippen molar-refractivity contribution in [3.8, 4) is 0 Å². The number of oxime groups is 1. The van der Waals surface area contributed by atoms with E-state index in [1.807, 2.05) is 0 Å². The number of carboxylic acids is 1. The number of fused-ring (bicyclic) bond motifs is 1. The van der Waals surface area contributed by atoms with Crippen LogP contribution in [0.25, 0.3) is 0 Å². The number of nitrogens with two attached hydrogens (primary N) is 1. The lowest BCUT2D eigenvalue weighted by molar-refractivity contribution is -0.155. The number of thiazole rings is 1. The minimum Gasteiger partial charge on any atom is -0.477 e. The SMILES string of the molecule is CC(=O)O/N=C(\C(=O)N[C@@H]1C(=O)N2C(C(=O)O)=C(/C=C3\CCN(c4ccccn4)C3=O)CC[C@H]12)c1csc(N)n1. The number of carbonyl (C=O) groups excluding carboxylic acids is 4. The van der Waals surface area contributed by atoms with Gasteiger partial charge in [-0.1, -0.05) is 11.2 Å². The van der Waals surface area contributed by atoms with Gasteiger partial charge in [-0.3, -0.25) is 24.2 Å². The van der Waals surface area contributed by atoms with Gasteiger partial charge in [0.15, 0.2) is 10.8 Å². The fourth-order valence-electron chi connectivity index (χ4n) is 4.84. The number of allylic oxidation sites excluding steroid dienone is 2. The zero-order valence-corrected chi connectivity index (χ0v) is 21.9. The molecule has 0 aliphatic carbocycles. The maximum absolute atomic E-state index is 13.1. The van der Waals surface area contributed by atoms with Gasteiger partial charge in [0.1, 0.15) is 23.3 Å². The first-order chi connectivity index (χ1) is 19.2. The number of nitrogens with zero attached hydrogens (tertiary/aromatic N) is 5. The lowest BCUT2D eigenvalue weighted by atomic mass is 9.82. The van der Waals surface area contributed by atoms with E-state index >= 15 is 0 Å². The van der Waals surface area contributed by atoms with Gasteiger partial charge in [0.2, 0.25) is 0 Å². The highest BCUT2D eigenvalue weighted by Gasteiger charge is 2.53. The molecule has 2 atom stereocenters. The smallest absolute Gasteiger partial charge is 0.352 e. The highest BCUT2D eigenvalue weighted by molar-refractivity contribution is 7.13. The number of nitrogens with one attached hydrogen (secondary N) is 1. The average molecular weight is 566 g/mol. The lowest BCUT2D eigenvalue weighted by Crippen LogP contribution is -2.72. The third-order valence-electron chi connectivity index (χ3n) is 6.61. The van der Waals surface area contributed by atoms with Crippen molar-refractivity contribution in [2.45, 2.75) is 38.3 Å². The molecular formula is C25H23N7O7S. The fraction of sp³-hybridized carbons (Fsp3) is 0.280. The molecule has 0 unspecified atom stereocenters. The maximum atomic E-state index is 13.1. The molecule has 2 fully saturated rings. The molecular weight excluding hydrogens is 542 g/mol. The highest BCUT2D eigenvalue weighted by Crippen LogP contribution is 2.38. The van der Waals surface area contributed by atoms with E-state index in [4.69, 9.17) is 5.73 Å². The number of aliphatic carboxylic acids is 1. The number of anilines is 2. The molecule has 0 bridgehead atoms. The second-order valence-electron chi connectivity index (χ2n) is 9.10. The summed E-state index contributed by atoms with van der Waals surface area (Å²) in [5.41, 5.74) is 5.87. The van der Waals surface area contributed by atoms with Gasteiger partial charge in [-0.15, -0.1) is 11.3 Å². The van der Waals surface area contributed by atoms with Crippen LogP contribution in [0.4, 0.5) is 10.9 Å². The van der Waals surface area contributed by atoms with Crippen LogP contribution in [-0.4, -0.2) is 74.0 Å². The van der Waals surface area contributed by atoms with Crippen LogP contribution in [0.5, 0.6) is 0 Å². The zero-order chi connectivity index (χ0) is 28.6. The summed E-state index contributed by atoms with van der Waals surface area (Å²) < 4.78 is 0. The van der Waals surface area contributed by atoms with E-state index < -0.39 is 35.8 Å². The van der Waals surface area contributed by atoms with Gasteiger partial charge in [0, 0.05) is 30.6 Å². The Hall–Kier alpha value is -4.92. The molecule has 0 aromatic carbocycles. The summed E-state index contributed by atoms with van der Waals surface area (Å²) in [5.74, 6) is -3.35. The predicted molar refractivity (Wildman–Crippen MR) is 141 cm³/mol. The van der Waals surface area contributed by atoms with E-state index in [1.165, 1.54) is 10.3 Å². The van der Waals surface area contributed by atoms with Crippen molar-refractivity contribution >= 4 is 57.7 Å². The van der Waals surface area contributed by atoms with Crippen LogP contribution in [0.2, 0.25) is 0 Å². The normalized spacial score (nSPS) is 21.8. The molecule has 2 aromatic heterocycles. The number of carboxylic acid groups (broad SMARTS) is 1. The van der Waals surface area contributed by atoms with E-state index in [9.17, 15) is 29.1 Å². The van der Waals surface area contributed by atoms with E-state index in [1.54, 1.807) is 30.5 Å². The molecule has 3 aliphatic heterocycles. The number of hydrogen-bond acceptors (Lipinski definition) is 11. The van der Waals surface area contributed by atoms with Crippen LogP contribution in [0.3, 0.4) is 0 Å². The van der Waals surface area contributed by atoms with E-state index in [2.05, 4.69) is 25.3 Å². The standard InChI is InChI=1S/C25H23N7O7S/c1-12(33)39-30-18(15-11-40-25(26)28-15)21(34)29-19-16-6-5-13(20(24(37)38)32(16)23(19)36)10-14-7-9-31(22(14)35)17-4-2-3-8-27-17/h2-4,8,10-11,16,19H,5-7,9H2,1H3,(H2,26,28)(H,29,34)(H,37,38)/b14-10+,30-18-/t16-,19+/m1/s1. The Morgan fingerprint density at radius 3 is 2.73 bits per heavy atom. The molecule has 2 aromatic rings. The first-order valence-corrected chi connectivity index (χ1v) is 13.0. The van der Waals surface area contributed by atoms with Crippen molar-refractivity contribution in [3.63, 3.8) is 0 Å². The first-order valence-electron chi connectivity index (χ1n) is 12.2. The fourth-order valence-corrected chi connectivity index (χ4v) is 5.39. The molecule has 3 amide bonds. The maximum Gasteiger partial charge on any atom is 0.352 e. The highest BCUT2D eigenvalue weighted by atomic mass is 32.1. The number of nitrogen functional groups attached to an aromatic ring is 1. The number of β-lactam (4-membered cyclic amide) rings is 1. The lowest BCUT2D eigenvalue weighted by Gasteiger charge is -2.50. The Morgan fingerprint density at radius 1 is 1.27 bits per heavy atom. The molecule has 0 radical (unpaired) electrons. The van der Waals surface area contributed by atoms with Crippen LogP contribution in [-0.2, 0) is 28.8 Å². The Bertz CT molecular complexity index is 1510. The average Bonchev–Trinajstić information content (AvgIpc) is 3.52. The first kappa shape index (κ1) is 26.7. The number of hydrogen-bond donors (Lipinski definition) is 3. The monoisotopic (exact) mass is 565 g/mol. The van der Waals surface area contributed by atoms with E-state index in [0.717, 1.165) is 23.2 Å². The van der Waals surface area contributed by atoms with Crippen molar-refractivity contribution in [1.82, 2.24) is 20.2 Å². The van der Waals surface area contributed by atoms with E-state index in [-0.39, 0.29) is 34.6 Å². The summed E-state index contributed by atoms with van der Waals surface area (Å²) >= 11 is 1.04. The molecule has 4 N–H and O–H groups in total. The van der Waals surface area contributed by atoms with Gasteiger partial charge in [-0.05, 0) is 43.0 Å². The van der Waals surface area contributed by atoms with Crippen LogP contribution >= 0.6 is 11.3 Å². The van der Waals surface area contributed by atoms with Gasteiger partial charge in [-0.2, -0.15) is 0 Å². The van der Waals surface area contributed by atoms with Crippen molar-refractivity contribution in [2.24, 2.45) is 5.16 Å². The number of aromatic nitrogens is 2. The number of amides is 3. The molecule has 5 heterocycles. The quantitative estimate of drug-likeness (QED) is 0.140. The minimum absolute atomic E-state index is 0.0505. The van der Waals surface area contributed by atoms with Crippen molar-refractivity contribution in [1.29, 1.82) is 0 Å². The van der Waals surface area contributed by atoms with Crippen LogP contribution in [0.1, 0.15) is 31.9 Å². The molecule has 2 saturated heterocycles. The van der Waals surface area contributed by atoms with Crippen molar-refractivity contribution < 1.29 is 33.9 Å². The van der Waals surface area contributed by atoms with Crippen LogP contribution in [0.15, 0.2) is 57.9 Å². The Balaban J connectivity index is 1.35. The third-order valence-corrected chi connectivity index (χ3v) is 7.28. The number of rotatable bonds is 7. The number of carbonyl (C=O) groups is 5. The molecule has 3 aliphatic rings. The summed E-state index contributed by atoms with van der Waals surface area (Å²) in [7, 11) is 0. The molecule has 206 valence electrons. The summed E-state index contributed by atoms with van der Waals surface area (Å²) in [6.45, 7) is 1.50. The Labute approximate surface area is 230 Å². The van der Waals surface area contributed by atoms with Crippen molar-refractivity contribution in [2.75, 3.05) is 17.2 Å². The topological polar surface area (TPSA) is 197 Å². The molecule has 5 rings (SSSR count). The Kier molecular flexibility index (Phi) is 7.13.